The lowest BCUT2D eigenvalue weighted by atomic mass is 9.84. The van der Waals surface area contributed by atoms with Gasteiger partial charge in [-0.25, -0.2) is 0 Å². The Labute approximate surface area is 101 Å². The van der Waals surface area contributed by atoms with Crippen molar-refractivity contribution < 1.29 is 0 Å². The topological polar surface area (TPSA) is 29.0 Å². The second-order valence-electron chi connectivity index (χ2n) is 5.17. The third-order valence-electron chi connectivity index (χ3n) is 2.84. The van der Waals surface area contributed by atoms with Crippen LogP contribution in [0.15, 0.2) is 30.3 Å². The maximum atomic E-state index is 12.2. The van der Waals surface area contributed by atoms with Crippen LogP contribution in [0.5, 0.6) is 0 Å². The molecule has 2 rings (SSSR count). The van der Waals surface area contributed by atoms with Gasteiger partial charge in [-0.3, -0.25) is 0 Å². The minimum absolute atomic E-state index is 0.130. The normalized spacial score (nSPS) is 21.6. The Hall–Kier alpha value is -0.830. The molecule has 0 bridgehead atoms. The molecule has 1 atom stereocenters. The molecule has 0 fully saturated rings. The summed E-state index contributed by atoms with van der Waals surface area (Å²) in [5.41, 5.74) is 1.35. The second-order valence-corrected chi connectivity index (χ2v) is 5.58. The molecule has 0 saturated carbocycles. The fraction of sp³-hybridized carbons (Fsp3) is 0.385. The van der Waals surface area contributed by atoms with Crippen molar-refractivity contribution in [3.63, 3.8) is 0 Å². The standard InChI is InChI=1S/C13H15ClNO/c1-13(2,3)12-8-10(14)9-6-4-5-7-11(9)15(12)16/h4-8,12H,1-3H3. The fourth-order valence-electron chi connectivity index (χ4n) is 1.92. The van der Waals surface area contributed by atoms with Gasteiger partial charge in [-0.2, -0.15) is 5.06 Å². The first-order valence-electron chi connectivity index (χ1n) is 5.34. The van der Waals surface area contributed by atoms with Gasteiger partial charge in [0.05, 0.1) is 10.6 Å². The number of anilines is 1. The van der Waals surface area contributed by atoms with Crippen LogP contribution in [0, 0.1) is 10.6 Å². The van der Waals surface area contributed by atoms with Gasteiger partial charge in [0.25, 0.3) is 0 Å². The number of benzene rings is 1. The van der Waals surface area contributed by atoms with Crippen LogP contribution >= 0.6 is 11.6 Å². The van der Waals surface area contributed by atoms with Gasteiger partial charge in [-0.1, -0.05) is 44.5 Å². The quantitative estimate of drug-likeness (QED) is 0.495. The van der Waals surface area contributed by atoms with Crippen LogP contribution in [0.25, 0.3) is 5.03 Å². The van der Waals surface area contributed by atoms with Crippen molar-refractivity contribution in [2.45, 2.75) is 26.8 Å². The first-order chi connectivity index (χ1) is 7.41. The van der Waals surface area contributed by atoms with Gasteiger partial charge < -0.3 is 5.21 Å². The molecular weight excluding hydrogens is 222 g/mol. The number of nitrogens with zero attached hydrogens (tertiary/aromatic N) is 1. The number of halogens is 1. The van der Waals surface area contributed by atoms with E-state index in [1.165, 1.54) is 0 Å². The Bertz CT molecular complexity index is 434. The second kappa shape index (κ2) is 3.88. The van der Waals surface area contributed by atoms with Crippen LogP contribution in [0.4, 0.5) is 5.69 Å². The number of hydrogen-bond acceptors (Lipinski definition) is 2. The van der Waals surface area contributed by atoms with Crippen LogP contribution in [0.3, 0.4) is 0 Å². The maximum Gasteiger partial charge on any atom is 0.191 e. The van der Waals surface area contributed by atoms with E-state index in [-0.39, 0.29) is 11.5 Å². The minimum atomic E-state index is -0.213. The van der Waals surface area contributed by atoms with E-state index < -0.39 is 0 Å². The van der Waals surface area contributed by atoms with E-state index in [9.17, 15) is 5.21 Å². The number of hydrogen-bond donors (Lipinski definition) is 0. The van der Waals surface area contributed by atoms with Crippen molar-refractivity contribution in [2.75, 3.05) is 0 Å². The van der Waals surface area contributed by atoms with Gasteiger partial charge in [0, 0.05) is 11.5 Å². The predicted molar refractivity (Wildman–Crippen MR) is 68.7 cm³/mol. The van der Waals surface area contributed by atoms with Crippen LogP contribution < -0.4 is 5.06 Å². The molecule has 1 aromatic carbocycles. The molecule has 0 aliphatic carbocycles. The highest BCUT2D eigenvalue weighted by atomic mass is 35.5. The van der Waals surface area contributed by atoms with Gasteiger partial charge in [0.15, 0.2) is 11.7 Å². The first-order valence-corrected chi connectivity index (χ1v) is 5.72. The van der Waals surface area contributed by atoms with Crippen molar-refractivity contribution in [3.8, 4) is 0 Å². The molecule has 0 saturated heterocycles. The van der Waals surface area contributed by atoms with Crippen LogP contribution in [0.1, 0.15) is 26.3 Å². The molecule has 0 N–H and O–H groups in total. The van der Waals surface area contributed by atoms with Gasteiger partial charge in [-0.15, -0.1) is 0 Å². The lowest BCUT2D eigenvalue weighted by molar-refractivity contribution is 0.294. The maximum absolute atomic E-state index is 12.2. The third kappa shape index (κ3) is 1.88. The third-order valence-corrected chi connectivity index (χ3v) is 3.17. The lowest BCUT2D eigenvalue weighted by Crippen LogP contribution is -2.42. The summed E-state index contributed by atoms with van der Waals surface area (Å²) in [6, 6.07) is 7.23. The predicted octanol–water partition coefficient (Wildman–Crippen LogP) is 3.96. The number of rotatable bonds is 0. The Morgan fingerprint density at radius 2 is 1.88 bits per heavy atom. The molecule has 3 heteroatoms. The average Bonchev–Trinajstić information content (AvgIpc) is 2.22. The van der Waals surface area contributed by atoms with Crippen molar-refractivity contribution in [2.24, 2.45) is 5.41 Å². The summed E-state index contributed by atoms with van der Waals surface area (Å²) in [6.45, 7) is 6.12. The Kier molecular flexibility index (Phi) is 2.82. The van der Waals surface area contributed by atoms with Crippen LogP contribution in [0.2, 0.25) is 0 Å². The van der Waals surface area contributed by atoms with E-state index >= 15 is 0 Å². The van der Waals surface area contributed by atoms with E-state index in [1.807, 2.05) is 51.1 Å². The fourth-order valence-corrected chi connectivity index (χ4v) is 2.19. The number of hydroxylamine groups is 1. The number of para-hydroxylation sites is 1. The summed E-state index contributed by atoms with van der Waals surface area (Å²) in [5, 5.41) is 13.9. The van der Waals surface area contributed by atoms with Crippen molar-refractivity contribution >= 4 is 22.3 Å². The monoisotopic (exact) mass is 236 g/mol. The summed E-state index contributed by atoms with van der Waals surface area (Å²) in [4.78, 5) is 0. The Balaban J connectivity index is 2.51. The van der Waals surface area contributed by atoms with Gasteiger partial charge in [-0.05, 0) is 12.1 Å². The summed E-state index contributed by atoms with van der Waals surface area (Å²) < 4.78 is 0. The Morgan fingerprint density at radius 3 is 2.50 bits per heavy atom. The van der Waals surface area contributed by atoms with E-state index in [0.29, 0.717) is 10.7 Å². The molecule has 1 aliphatic heterocycles. The summed E-state index contributed by atoms with van der Waals surface area (Å²) in [5.74, 6) is 0. The van der Waals surface area contributed by atoms with Crippen LogP contribution in [-0.2, 0) is 0 Å². The van der Waals surface area contributed by atoms with E-state index in [1.54, 1.807) is 0 Å². The molecular formula is C13H15ClNO. The van der Waals surface area contributed by atoms with E-state index in [2.05, 4.69) is 0 Å². The summed E-state index contributed by atoms with van der Waals surface area (Å²) in [6.07, 6.45) is 1.84. The number of fused-ring (bicyclic) bond motifs is 1. The van der Waals surface area contributed by atoms with Gasteiger partial charge in [0.1, 0.15) is 0 Å². The first kappa shape index (κ1) is 11.6. The zero-order valence-corrected chi connectivity index (χ0v) is 10.5. The zero-order valence-electron chi connectivity index (χ0n) is 9.70. The molecule has 2 nitrogen and oxygen atoms in total. The highest BCUT2D eigenvalue weighted by molar-refractivity contribution is 6.49. The average molecular weight is 237 g/mol. The van der Waals surface area contributed by atoms with Gasteiger partial charge >= 0.3 is 0 Å². The van der Waals surface area contributed by atoms with Crippen molar-refractivity contribution in [3.05, 3.63) is 41.1 Å². The zero-order chi connectivity index (χ0) is 11.9. The van der Waals surface area contributed by atoms with Crippen molar-refractivity contribution in [1.82, 2.24) is 5.06 Å². The smallest absolute Gasteiger partial charge is 0.191 e. The van der Waals surface area contributed by atoms with E-state index in [4.69, 9.17) is 11.6 Å². The molecule has 1 aliphatic rings. The highest BCUT2D eigenvalue weighted by Gasteiger charge is 2.38. The molecule has 1 heterocycles. The largest absolute Gasteiger partial charge is 0.576 e. The van der Waals surface area contributed by atoms with Gasteiger partial charge in [0.2, 0.25) is 0 Å². The summed E-state index contributed by atoms with van der Waals surface area (Å²) >= 11 is 6.21. The highest BCUT2D eigenvalue weighted by Crippen LogP contribution is 2.40. The molecule has 0 spiro atoms. The van der Waals surface area contributed by atoms with Crippen LogP contribution in [-0.4, -0.2) is 6.04 Å². The lowest BCUT2D eigenvalue weighted by Gasteiger charge is -2.34. The molecule has 85 valence electrons. The molecule has 16 heavy (non-hydrogen) atoms. The molecule has 1 aromatic rings. The molecule has 0 amide bonds. The molecule has 0 aromatic heterocycles. The molecule has 1 radical (unpaired) electrons. The Morgan fingerprint density at radius 1 is 1.25 bits per heavy atom. The summed E-state index contributed by atoms with van der Waals surface area (Å²) in [7, 11) is 0. The SMILES string of the molecule is CC(C)(C)C1C=C(Cl)c2ccccc2[N+]1[O-]. The van der Waals surface area contributed by atoms with Crippen molar-refractivity contribution in [1.29, 1.82) is 0 Å². The van der Waals surface area contributed by atoms with E-state index in [0.717, 1.165) is 10.6 Å². The molecule has 1 unspecified atom stereocenters. The minimum Gasteiger partial charge on any atom is -0.576 e.